The lowest BCUT2D eigenvalue weighted by Crippen LogP contribution is -2.21. The van der Waals surface area contributed by atoms with Crippen LogP contribution in [0.5, 0.6) is 0 Å². The van der Waals surface area contributed by atoms with Crippen LogP contribution < -0.4 is 5.32 Å². The minimum absolute atomic E-state index is 0.0595. The fraction of sp³-hybridized carbons (Fsp3) is 0.111. The Kier molecular flexibility index (Phi) is 3.76. The Morgan fingerprint density at radius 1 is 1.79 bits per heavy atom. The molecule has 0 unspecified atom stereocenters. The standard InChI is InChI=1S/C9H8BrFN2O/c1-2-9(14)13-5-8-7(11)3-6(10)4-12-8/h2-4H,1,5H2,(H,13,14). The van der Waals surface area contributed by atoms with E-state index >= 15 is 0 Å². The van der Waals surface area contributed by atoms with Gasteiger partial charge in [-0.25, -0.2) is 4.39 Å². The monoisotopic (exact) mass is 258 g/mol. The van der Waals surface area contributed by atoms with Gasteiger partial charge in [-0.15, -0.1) is 0 Å². The zero-order valence-electron chi connectivity index (χ0n) is 7.26. The number of hydrogen-bond donors (Lipinski definition) is 1. The molecule has 1 rings (SSSR count). The van der Waals surface area contributed by atoms with E-state index in [1.807, 2.05) is 0 Å². The van der Waals surface area contributed by atoms with Gasteiger partial charge in [-0.2, -0.15) is 0 Å². The first-order chi connectivity index (χ1) is 6.63. The Balaban J connectivity index is 2.68. The van der Waals surface area contributed by atoms with Crippen LogP contribution in [0.15, 0.2) is 29.4 Å². The summed E-state index contributed by atoms with van der Waals surface area (Å²) in [4.78, 5) is 14.6. The molecular formula is C9H8BrFN2O. The summed E-state index contributed by atoms with van der Waals surface area (Å²) in [5.41, 5.74) is 0.198. The average molecular weight is 259 g/mol. The molecule has 1 aromatic heterocycles. The minimum atomic E-state index is -0.455. The molecule has 14 heavy (non-hydrogen) atoms. The van der Waals surface area contributed by atoms with E-state index in [9.17, 15) is 9.18 Å². The van der Waals surface area contributed by atoms with Crippen LogP contribution in [-0.4, -0.2) is 10.9 Å². The molecule has 0 aliphatic rings. The molecule has 0 aromatic carbocycles. The highest BCUT2D eigenvalue weighted by Gasteiger charge is 2.04. The van der Waals surface area contributed by atoms with Gasteiger partial charge in [0.2, 0.25) is 5.91 Å². The number of aromatic nitrogens is 1. The molecule has 5 heteroatoms. The maximum absolute atomic E-state index is 13.1. The molecule has 0 fully saturated rings. The van der Waals surface area contributed by atoms with Crippen molar-refractivity contribution in [3.8, 4) is 0 Å². The number of pyridine rings is 1. The van der Waals surface area contributed by atoms with E-state index in [4.69, 9.17) is 0 Å². The molecule has 3 nitrogen and oxygen atoms in total. The summed E-state index contributed by atoms with van der Waals surface area (Å²) < 4.78 is 13.7. The van der Waals surface area contributed by atoms with Crippen molar-refractivity contribution in [2.75, 3.05) is 0 Å². The molecule has 0 atom stereocenters. The Morgan fingerprint density at radius 2 is 2.50 bits per heavy atom. The molecule has 1 aromatic rings. The summed E-state index contributed by atoms with van der Waals surface area (Å²) in [6, 6.07) is 1.29. The van der Waals surface area contributed by atoms with Crippen molar-refractivity contribution in [3.05, 3.63) is 40.9 Å². The lowest BCUT2D eigenvalue weighted by molar-refractivity contribution is -0.116. The molecule has 74 valence electrons. The molecule has 0 saturated heterocycles. The van der Waals surface area contributed by atoms with Crippen molar-refractivity contribution >= 4 is 21.8 Å². The van der Waals surface area contributed by atoms with E-state index < -0.39 is 5.82 Å². The van der Waals surface area contributed by atoms with E-state index in [-0.39, 0.29) is 18.1 Å². The topological polar surface area (TPSA) is 42.0 Å². The first-order valence-corrected chi connectivity index (χ1v) is 4.63. The highest BCUT2D eigenvalue weighted by Crippen LogP contribution is 2.11. The van der Waals surface area contributed by atoms with Gasteiger partial charge in [-0.1, -0.05) is 6.58 Å². The molecule has 0 spiro atoms. The lowest BCUT2D eigenvalue weighted by Gasteiger charge is -2.02. The number of amides is 1. The van der Waals surface area contributed by atoms with Crippen LogP contribution in [0, 0.1) is 5.82 Å². The first kappa shape index (κ1) is 10.8. The molecule has 0 bridgehead atoms. The Bertz CT molecular complexity index is 368. The summed E-state index contributed by atoms with van der Waals surface area (Å²) >= 11 is 3.08. The number of rotatable bonds is 3. The number of nitrogens with one attached hydrogen (secondary N) is 1. The van der Waals surface area contributed by atoms with E-state index in [1.54, 1.807) is 0 Å². The normalized spacial score (nSPS) is 9.57. The van der Waals surface area contributed by atoms with Crippen molar-refractivity contribution in [1.29, 1.82) is 0 Å². The zero-order chi connectivity index (χ0) is 10.6. The molecule has 1 amide bonds. The van der Waals surface area contributed by atoms with Crippen molar-refractivity contribution < 1.29 is 9.18 Å². The van der Waals surface area contributed by atoms with Crippen LogP contribution >= 0.6 is 15.9 Å². The van der Waals surface area contributed by atoms with Crippen molar-refractivity contribution in [2.45, 2.75) is 6.54 Å². The summed E-state index contributed by atoms with van der Waals surface area (Å²) in [6.07, 6.45) is 2.59. The molecular weight excluding hydrogens is 251 g/mol. The number of carbonyl (C=O) groups is 1. The third-order valence-corrected chi connectivity index (χ3v) is 1.93. The maximum atomic E-state index is 13.1. The summed E-state index contributed by atoms with van der Waals surface area (Å²) in [6.45, 7) is 3.34. The number of nitrogens with zero attached hydrogens (tertiary/aromatic N) is 1. The second kappa shape index (κ2) is 4.85. The SMILES string of the molecule is C=CC(=O)NCc1ncc(Br)cc1F. The van der Waals surface area contributed by atoms with E-state index in [0.29, 0.717) is 4.47 Å². The molecule has 0 saturated carbocycles. The quantitative estimate of drug-likeness (QED) is 0.841. The molecule has 1 N–H and O–H groups in total. The van der Waals surface area contributed by atoms with Gasteiger partial charge in [0.25, 0.3) is 0 Å². The predicted molar refractivity (Wildman–Crippen MR) is 53.9 cm³/mol. The van der Waals surface area contributed by atoms with E-state index in [0.717, 1.165) is 6.08 Å². The van der Waals surface area contributed by atoms with Gasteiger partial charge < -0.3 is 5.32 Å². The van der Waals surface area contributed by atoms with Crippen molar-refractivity contribution in [2.24, 2.45) is 0 Å². The Labute approximate surface area is 89.2 Å². The number of carbonyl (C=O) groups excluding carboxylic acids is 1. The second-order valence-corrected chi connectivity index (χ2v) is 3.42. The Hall–Kier alpha value is -1.23. The second-order valence-electron chi connectivity index (χ2n) is 2.50. The third-order valence-electron chi connectivity index (χ3n) is 1.50. The molecule has 0 aliphatic heterocycles. The maximum Gasteiger partial charge on any atom is 0.243 e. The smallest absolute Gasteiger partial charge is 0.243 e. The van der Waals surface area contributed by atoms with Gasteiger partial charge in [0.15, 0.2) is 0 Å². The molecule has 0 radical (unpaired) electrons. The fourth-order valence-electron chi connectivity index (χ4n) is 0.816. The zero-order valence-corrected chi connectivity index (χ0v) is 8.84. The van der Waals surface area contributed by atoms with E-state index in [1.165, 1.54) is 12.3 Å². The summed E-state index contributed by atoms with van der Waals surface area (Å²) in [5, 5.41) is 2.43. The van der Waals surface area contributed by atoms with Gasteiger partial charge >= 0.3 is 0 Å². The van der Waals surface area contributed by atoms with Gasteiger partial charge in [-0.3, -0.25) is 9.78 Å². The van der Waals surface area contributed by atoms with Crippen LogP contribution in [0.1, 0.15) is 5.69 Å². The minimum Gasteiger partial charge on any atom is -0.347 e. The highest BCUT2D eigenvalue weighted by molar-refractivity contribution is 9.10. The number of halogens is 2. The van der Waals surface area contributed by atoms with E-state index in [2.05, 4.69) is 32.8 Å². The molecule has 1 heterocycles. The Morgan fingerprint density at radius 3 is 3.07 bits per heavy atom. The van der Waals surface area contributed by atoms with Crippen molar-refractivity contribution in [3.63, 3.8) is 0 Å². The first-order valence-electron chi connectivity index (χ1n) is 3.83. The van der Waals surface area contributed by atoms with Crippen LogP contribution in [0.4, 0.5) is 4.39 Å². The fourth-order valence-corrected chi connectivity index (χ4v) is 1.12. The van der Waals surface area contributed by atoms with Gasteiger partial charge in [-0.05, 0) is 28.1 Å². The van der Waals surface area contributed by atoms with Gasteiger partial charge in [0.1, 0.15) is 5.82 Å². The van der Waals surface area contributed by atoms with Crippen LogP contribution in [0.2, 0.25) is 0 Å². The average Bonchev–Trinajstić information content (AvgIpc) is 2.16. The predicted octanol–water partition coefficient (Wildman–Crippen LogP) is 1.79. The summed E-state index contributed by atoms with van der Waals surface area (Å²) in [7, 11) is 0. The lowest BCUT2D eigenvalue weighted by atomic mass is 10.3. The largest absolute Gasteiger partial charge is 0.347 e. The van der Waals surface area contributed by atoms with Crippen LogP contribution in [0.25, 0.3) is 0 Å². The summed E-state index contributed by atoms with van der Waals surface area (Å²) in [5.74, 6) is -0.808. The van der Waals surface area contributed by atoms with Crippen LogP contribution in [-0.2, 0) is 11.3 Å². The van der Waals surface area contributed by atoms with Crippen LogP contribution in [0.3, 0.4) is 0 Å². The van der Waals surface area contributed by atoms with Gasteiger partial charge in [0.05, 0.1) is 12.2 Å². The third kappa shape index (κ3) is 2.92. The highest BCUT2D eigenvalue weighted by atomic mass is 79.9. The number of hydrogen-bond acceptors (Lipinski definition) is 2. The van der Waals surface area contributed by atoms with Crippen molar-refractivity contribution in [1.82, 2.24) is 10.3 Å². The van der Waals surface area contributed by atoms with Gasteiger partial charge in [0, 0.05) is 10.7 Å². The molecule has 0 aliphatic carbocycles.